The first-order valence-electron chi connectivity index (χ1n) is 17.8. The highest BCUT2D eigenvalue weighted by molar-refractivity contribution is 7.47. The molecule has 4 aromatic rings. The number of imidazole rings is 1. The van der Waals surface area contributed by atoms with Crippen LogP contribution < -0.4 is 11.3 Å². The lowest BCUT2D eigenvalue weighted by atomic mass is 10.1. The van der Waals surface area contributed by atoms with Gasteiger partial charge in [0, 0.05) is 18.0 Å². The van der Waals surface area contributed by atoms with Crippen molar-refractivity contribution in [3.8, 4) is 0 Å². The number of ether oxygens (including phenoxy) is 3. The van der Waals surface area contributed by atoms with Crippen molar-refractivity contribution in [1.82, 2.24) is 33.6 Å². The van der Waals surface area contributed by atoms with Crippen molar-refractivity contribution in [2.75, 3.05) is 33.0 Å². The van der Waals surface area contributed by atoms with Crippen LogP contribution in [-0.2, 0) is 65.6 Å². The van der Waals surface area contributed by atoms with Crippen molar-refractivity contribution in [3.05, 3.63) is 46.8 Å². The number of halogens is 1. The number of hydrogen-bond donors (Lipinski definition) is 4. The van der Waals surface area contributed by atoms with Crippen LogP contribution in [0.5, 0.6) is 0 Å². The summed E-state index contributed by atoms with van der Waals surface area (Å²) in [4.78, 5) is 63.5. The van der Waals surface area contributed by atoms with Gasteiger partial charge in [-0.15, -0.1) is 0 Å². The number of hydrogen-bond acceptors (Lipinski definition) is 17. The predicted molar refractivity (Wildman–Crippen MR) is 185 cm³/mol. The smallest absolute Gasteiger partial charge is 0.387 e. The fraction of sp³-hybridized carbons (Fsp3) is 0.613. The fourth-order valence-electron chi connectivity index (χ4n) is 7.33. The van der Waals surface area contributed by atoms with E-state index >= 15 is 4.39 Å². The zero-order valence-electron chi connectivity index (χ0n) is 29.5. The lowest BCUT2D eigenvalue weighted by molar-refractivity contribution is -0.118. The van der Waals surface area contributed by atoms with Gasteiger partial charge in [0.05, 0.1) is 51.5 Å². The molecule has 0 spiro atoms. The number of alkyl halides is 1. The summed E-state index contributed by atoms with van der Waals surface area (Å²) < 4.78 is 85.5. The minimum atomic E-state index is -5.18. The number of ketones is 1. The molecule has 8 rings (SSSR count). The summed E-state index contributed by atoms with van der Waals surface area (Å²) in [6.07, 6.45) is -4.85. The largest absolute Gasteiger partial charge is 0.472 e. The van der Waals surface area contributed by atoms with E-state index in [-0.39, 0.29) is 49.7 Å². The quantitative estimate of drug-likeness (QED) is 0.131. The van der Waals surface area contributed by atoms with Gasteiger partial charge in [0.1, 0.15) is 54.6 Å². The van der Waals surface area contributed by atoms with E-state index in [2.05, 4.69) is 19.9 Å². The molecule has 0 saturated carbocycles. The Balaban J connectivity index is 1.03. The molecule has 4 aromatic heterocycles. The van der Waals surface area contributed by atoms with Crippen LogP contribution in [0.2, 0.25) is 0 Å². The molecule has 1 aliphatic carbocycles. The van der Waals surface area contributed by atoms with E-state index in [4.69, 9.17) is 38.0 Å². The number of rotatable bonds is 9. The zero-order valence-corrected chi connectivity index (χ0v) is 31.3. The molecule has 3 fully saturated rings. The van der Waals surface area contributed by atoms with Gasteiger partial charge in [0.2, 0.25) is 0 Å². The summed E-state index contributed by atoms with van der Waals surface area (Å²) >= 11 is 0. The van der Waals surface area contributed by atoms with Crippen molar-refractivity contribution in [1.29, 1.82) is 0 Å². The number of carbonyl (C=O) groups excluding carboxylic acids is 1. The van der Waals surface area contributed by atoms with Gasteiger partial charge >= 0.3 is 15.6 Å². The molecule has 25 heteroatoms. The highest BCUT2D eigenvalue weighted by Crippen LogP contribution is 2.54. The second-order valence-corrected chi connectivity index (χ2v) is 16.5. The second kappa shape index (κ2) is 15.7. The predicted octanol–water partition coefficient (Wildman–Crippen LogP) is 0.363. The number of phosphoric ester groups is 2. The molecule has 3 aliphatic heterocycles. The Morgan fingerprint density at radius 2 is 1.66 bits per heavy atom. The Labute approximate surface area is 315 Å². The van der Waals surface area contributed by atoms with Gasteiger partial charge in [-0.05, 0) is 31.2 Å². The number of nitrogens with zero attached hydrogens (tertiary/aromatic N) is 7. The zero-order chi connectivity index (χ0) is 39.4. The number of phosphoric acid groups is 2. The molecule has 0 amide bonds. The van der Waals surface area contributed by atoms with Gasteiger partial charge in [-0.2, -0.15) is 0 Å². The normalized spacial score (nSPS) is 33.8. The Bertz CT molecular complexity index is 2270. The molecule has 304 valence electrons. The van der Waals surface area contributed by atoms with E-state index < -0.39 is 83.6 Å². The number of aromatic nitrogens is 7. The topological polar surface area (TPSA) is 286 Å². The van der Waals surface area contributed by atoms with Gasteiger partial charge in [-0.25, -0.2) is 33.5 Å². The Morgan fingerprint density at radius 1 is 0.929 bits per heavy atom. The van der Waals surface area contributed by atoms with Crippen LogP contribution >= 0.6 is 15.6 Å². The first-order valence-corrected chi connectivity index (χ1v) is 20.8. The Morgan fingerprint density at radius 3 is 2.45 bits per heavy atom. The van der Waals surface area contributed by atoms with Crippen LogP contribution in [0.3, 0.4) is 0 Å². The number of carbonyl (C=O) groups is 1. The van der Waals surface area contributed by atoms with Crippen molar-refractivity contribution in [2.45, 2.75) is 87.8 Å². The number of aryl methyl sites for hydroxylation is 2. The average molecular weight is 829 g/mol. The summed E-state index contributed by atoms with van der Waals surface area (Å²) in [7, 11) is -10.3. The molecule has 56 heavy (non-hydrogen) atoms. The monoisotopic (exact) mass is 828 g/mol. The molecule has 2 unspecified atom stereocenters. The first-order chi connectivity index (χ1) is 26.8. The van der Waals surface area contributed by atoms with Crippen LogP contribution in [0.15, 0.2) is 30.0 Å². The van der Waals surface area contributed by atoms with Gasteiger partial charge in [0.15, 0.2) is 29.8 Å². The molecule has 22 nitrogen and oxygen atoms in total. The Kier molecular flexibility index (Phi) is 11.1. The summed E-state index contributed by atoms with van der Waals surface area (Å²) in [6, 6.07) is 0. The highest BCUT2D eigenvalue weighted by atomic mass is 31.2. The fourth-order valence-corrected chi connectivity index (χ4v) is 9.22. The van der Waals surface area contributed by atoms with E-state index in [0.717, 1.165) is 35.8 Å². The van der Waals surface area contributed by atoms with Crippen molar-refractivity contribution in [2.24, 2.45) is 5.73 Å². The molecule has 2 bridgehead atoms. The lowest BCUT2D eigenvalue weighted by Gasteiger charge is -2.25. The third-order valence-electron chi connectivity index (χ3n) is 10.1. The van der Waals surface area contributed by atoms with E-state index in [0.29, 0.717) is 18.5 Å². The average Bonchev–Trinajstić information content (AvgIpc) is 3.88. The van der Waals surface area contributed by atoms with E-state index in [1.807, 2.05) is 0 Å². The maximum Gasteiger partial charge on any atom is 0.472 e. The minimum Gasteiger partial charge on any atom is -0.387 e. The van der Waals surface area contributed by atoms with Crippen LogP contribution in [-0.4, -0.2) is 124 Å². The molecular formula is C31H39FN8O14P2. The summed E-state index contributed by atoms with van der Waals surface area (Å²) in [5, 5.41) is 12.0. The van der Waals surface area contributed by atoms with Crippen LogP contribution in [0.4, 0.5) is 4.39 Å². The van der Waals surface area contributed by atoms with Gasteiger partial charge in [-0.3, -0.25) is 36.8 Å². The maximum atomic E-state index is 16.4. The van der Waals surface area contributed by atoms with E-state index in [1.54, 1.807) is 6.20 Å². The van der Waals surface area contributed by atoms with Gasteiger partial charge in [-0.1, -0.05) is 0 Å². The number of aliphatic hydroxyl groups excluding tert-OH is 1. The number of Topliss-reactive ketones (excluding diaryl/α,β-unsaturated/α-hetero) is 1. The molecule has 4 aliphatic rings. The van der Waals surface area contributed by atoms with E-state index in [1.165, 1.54) is 26.4 Å². The molecule has 3 saturated heterocycles. The molecule has 0 aromatic carbocycles. The minimum absolute atomic E-state index is 0.0645. The number of aliphatic hydroxyl groups is 1. The van der Waals surface area contributed by atoms with E-state index in [9.17, 15) is 33.6 Å². The van der Waals surface area contributed by atoms with Crippen molar-refractivity contribution in [3.63, 3.8) is 0 Å². The second-order valence-electron chi connectivity index (χ2n) is 13.7. The summed E-state index contributed by atoms with van der Waals surface area (Å²) in [5.74, 6) is -0.173. The van der Waals surface area contributed by atoms with Crippen LogP contribution in [0.25, 0.3) is 22.2 Å². The van der Waals surface area contributed by atoms with Crippen molar-refractivity contribution >= 4 is 43.6 Å². The molecule has 7 heterocycles. The molecule has 10 atom stereocenters. The maximum absolute atomic E-state index is 16.4. The van der Waals surface area contributed by atoms with Gasteiger partial charge in [0.25, 0.3) is 5.56 Å². The van der Waals surface area contributed by atoms with Crippen LogP contribution in [0.1, 0.15) is 43.0 Å². The van der Waals surface area contributed by atoms with Crippen molar-refractivity contribution < 1.29 is 65.5 Å². The SMILES string of the molecule is NCC(=O)CCOCCn1cnc2c(ncn2[C@@H]2O[C@@H]3COP(=O)(O)O[C@H]4[C@@H](F)[C@H](n5cc6c7c(ncnc75)CCCC6)O[C@@H]4COP(=O)(O)O[C@@H]2[C@@H]3O)c1=O. The first kappa shape index (κ1) is 39.4. The third-order valence-corrected chi connectivity index (χ3v) is 12.1. The number of fused-ring (bicyclic) bond motifs is 4. The lowest BCUT2D eigenvalue weighted by Crippen LogP contribution is -2.35. The summed E-state index contributed by atoms with van der Waals surface area (Å²) in [6.45, 7) is -1.55. The molecule has 0 radical (unpaired) electrons. The Hall–Kier alpha value is -3.41. The standard InChI is InChI=1S/C31H39FN8O14P2/c32-22-25-20(52-30(22)39-10-16-3-1-2-4-18-21(16)27(39)35-13-34-18)12-50-56(46,47)54-26-24(42)19(11-49-55(44,45)53-25)51-31(26)40-15-36-23-28(40)37-14-38(29(23)43)6-8-48-7-5-17(41)9-33/h10,13-15,19-20,22,24-26,30-31,42H,1-9,11-12,33H2,(H,44,45)(H,46,47)/t19-,20-,22-,24-,25-,26-,30-,31-/m1/s1. The van der Waals surface area contributed by atoms with Crippen LogP contribution in [0, 0.1) is 0 Å². The van der Waals surface area contributed by atoms with Gasteiger partial charge < -0.3 is 39.4 Å². The third kappa shape index (κ3) is 7.64. The highest BCUT2D eigenvalue weighted by Gasteiger charge is 2.54. The summed E-state index contributed by atoms with van der Waals surface area (Å²) in [5.41, 5.74) is 6.55. The number of nitrogens with two attached hydrogens (primary N) is 1. The molecule has 5 N–H and O–H groups in total. The molecular weight excluding hydrogens is 789 g/mol.